The van der Waals surface area contributed by atoms with Crippen molar-refractivity contribution in [3.63, 3.8) is 0 Å². The number of benzene rings is 2. The molecular weight excluding hydrogens is 398 g/mol. The van der Waals surface area contributed by atoms with Crippen molar-refractivity contribution in [1.82, 2.24) is 14.5 Å². The number of carbonyl (C=O) groups excluding carboxylic acids is 1. The van der Waals surface area contributed by atoms with Gasteiger partial charge in [0.1, 0.15) is 0 Å². The number of piperazine rings is 1. The Morgan fingerprint density at radius 3 is 2.10 bits per heavy atom. The number of sulfonamides is 1. The number of nitrogens with zero attached hydrogens (tertiary/aromatic N) is 2. The topological polar surface area (TPSA) is 69.7 Å². The summed E-state index contributed by atoms with van der Waals surface area (Å²) in [6.07, 6.45) is 0. The first-order valence-electron chi connectivity index (χ1n) is 10.5. The number of amides is 1. The molecule has 2 aromatic carbocycles. The van der Waals surface area contributed by atoms with Gasteiger partial charge in [-0.05, 0) is 24.0 Å². The van der Waals surface area contributed by atoms with Crippen LogP contribution in [0.4, 0.5) is 0 Å². The van der Waals surface area contributed by atoms with E-state index in [0.29, 0.717) is 32.7 Å². The number of hydrogen-bond donors (Lipinski definition) is 1. The van der Waals surface area contributed by atoms with E-state index in [1.165, 1.54) is 5.56 Å². The van der Waals surface area contributed by atoms with E-state index in [1.807, 2.05) is 55.5 Å². The summed E-state index contributed by atoms with van der Waals surface area (Å²) in [4.78, 5) is 14.7. The number of nitrogens with one attached hydrogen (secondary N) is 1. The summed E-state index contributed by atoms with van der Waals surface area (Å²) in [6, 6.07) is 19.1. The van der Waals surface area contributed by atoms with Crippen LogP contribution in [0.3, 0.4) is 0 Å². The molecule has 1 aliphatic heterocycles. The quantitative estimate of drug-likeness (QED) is 0.700. The van der Waals surface area contributed by atoms with Crippen molar-refractivity contribution in [2.75, 3.05) is 32.7 Å². The summed E-state index contributed by atoms with van der Waals surface area (Å²) < 4.78 is 27.0. The van der Waals surface area contributed by atoms with Gasteiger partial charge in [-0.25, -0.2) is 8.42 Å². The molecule has 1 fully saturated rings. The maximum Gasteiger partial charge on any atom is 0.237 e. The third-order valence-electron chi connectivity index (χ3n) is 5.74. The second kappa shape index (κ2) is 10.2. The van der Waals surface area contributed by atoms with Crippen molar-refractivity contribution in [3.05, 3.63) is 71.8 Å². The van der Waals surface area contributed by atoms with Gasteiger partial charge < -0.3 is 5.32 Å². The highest BCUT2D eigenvalue weighted by Crippen LogP contribution is 2.16. The van der Waals surface area contributed by atoms with Crippen molar-refractivity contribution in [2.45, 2.75) is 31.6 Å². The summed E-state index contributed by atoms with van der Waals surface area (Å²) in [5.74, 6) is 0.238. The van der Waals surface area contributed by atoms with Gasteiger partial charge in [-0.2, -0.15) is 4.31 Å². The number of hydrogen-bond acceptors (Lipinski definition) is 4. The van der Waals surface area contributed by atoms with Crippen molar-refractivity contribution in [3.8, 4) is 0 Å². The zero-order valence-corrected chi connectivity index (χ0v) is 18.5. The fourth-order valence-corrected chi connectivity index (χ4v) is 5.23. The van der Waals surface area contributed by atoms with Crippen LogP contribution in [0.15, 0.2) is 60.7 Å². The second-order valence-corrected chi connectivity index (χ2v) is 9.88. The van der Waals surface area contributed by atoms with Crippen LogP contribution in [-0.4, -0.2) is 62.3 Å². The first-order chi connectivity index (χ1) is 14.4. The standard InChI is InChI=1S/C23H31N3O3S/c1-19(22-11-7-4-8-12-22)17-24-23(27)20(2)25-13-15-26(16-14-25)30(28,29)18-21-9-5-3-6-10-21/h3-12,19-20H,13-18H2,1-2H3,(H,24,27). The Morgan fingerprint density at radius 1 is 0.933 bits per heavy atom. The van der Waals surface area contributed by atoms with Crippen molar-refractivity contribution in [1.29, 1.82) is 0 Å². The molecule has 3 rings (SSSR count). The van der Waals surface area contributed by atoms with E-state index in [0.717, 1.165) is 5.56 Å². The van der Waals surface area contributed by atoms with Gasteiger partial charge in [-0.1, -0.05) is 67.6 Å². The lowest BCUT2D eigenvalue weighted by atomic mass is 10.0. The van der Waals surface area contributed by atoms with E-state index in [9.17, 15) is 13.2 Å². The van der Waals surface area contributed by atoms with Gasteiger partial charge in [0.25, 0.3) is 0 Å². The molecule has 0 spiro atoms. The lowest BCUT2D eigenvalue weighted by molar-refractivity contribution is -0.126. The summed E-state index contributed by atoms with van der Waals surface area (Å²) in [5, 5.41) is 3.04. The molecule has 1 heterocycles. The smallest absolute Gasteiger partial charge is 0.237 e. The normalized spacial score (nSPS) is 17.9. The molecule has 0 saturated carbocycles. The highest BCUT2D eigenvalue weighted by atomic mass is 32.2. The molecule has 1 N–H and O–H groups in total. The van der Waals surface area contributed by atoms with Crippen LogP contribution >= 0.6 is 0 Å². The SMILES string of the molecule is CC(CNC(=O)C(C)N1CCN(S(=O)(=O)Cc2ccccc2)CC1)c1ccccc1. The van der Waals surface area contributed by atoms with Crippen LogP contribution < -0.4 is 5.32 Å². The first-order valence-corrected chi connectivity index (χ1v) is 12.1. The maximum absolute atomic E-state index is 12.7. The lowest BCUT2D eigenvalue weighted by Crippen LogP contribution is -2.55. The highest BCUT2D eigenvalue weighted by Gasteiger charge is 2.30. The van der Waals surface area contributed by atoms with Crippen LogP contribution in [0.25, 0.3) is 0 Å². The Morgan fingerprint density at radius 2 is 1.50 bits per heavy atom. The molecule has 162 valence electrons. The van der Waals surface area contributed by atoms with E-state index in [2.05, 4.69) is 29.3 Å². The molecule has 1 amide bonds. The molecule has 0 bridgehead atoms. The summed E-state index contributed by atoms with van der Waals surface area (Å²) >= 11 is 0. The van der Waals surface area contributed by atoms with E-state index in [-0.39, 0.29) is 23.6 Å². The van der Waals surface area contributed by atoms with Crippen molar-refractivity contribution in [2.24, 2.45) is 0 Å². The molecule has 6 nitrogen and oxygen atoms in total. The van der Waals surface area contributed by atoms with E-state index in [1.54, 1.807) is 4.31 Å². The zero-order valence-electron chi connectivity index (χ0n) is 17.7. The maximum atomic E-state index is 12.7. The molecule has 2 aromatic rings. The molecule has 2 atom stereocenters. The molecule has 2 unspecified atom stereocenters. The zero-order chi connectivity index (χ0) is 21.6. The fraction of sp³-hybridized carbons (Fsp3) is 0.435. The second-order valence-electron chi connectivity index (χ2n) is 7.91. The number of carbonyl (C=O) groups is 1. The third-order valence-corrected chi connectivity index (χ3v) is 7.59. The van der Waals surface area contributed by atoms with Gasteiger partial charge in [-0.3, -0.25) is 9.69 Å². The molecule has 1 saturated heterocycles. The minimum atomic E-state index is -3.35. The van der Waals surface area contributed by atoms with Crippen molar-refractivity contribution < 1.29 is 13.2 Å². The highest BCUT2D eigenvalue weighted by molar-refractivity contribution is 7.88. The minimum Gasteiger partial charge on any atom is -0.354 e. The molecule has 30 heavy (non-hydrogen) atoms. The molecular formula is C23H31N3O3S. The Hall–Kier alpha value is -2.22. The fourth-order valence-electron chi connectivity index (χ4n) is 3.71. The number of rotatable bonds is 8. The predicted octanol–water partition coefficient (Wildman–Crippen LogP) is 2.44. The van der Waals surface area contributed by atoms with Gasteiger partial charge in [0.05, 0.1) is 11.8 Å². The Balaban J connectivity index is 1.47. The van der Waals surface area contributed by atoms with E-state index < -0.39 is 10.0 Å². The molecule has 1 aliphatic rings. The van der Waals surface area contributed by atoms with Crippen LogP contribution in [0.1, 0.15) is 30.9 Å². The van der Waals surface area contributed by atoms with Crippen LogP contribution in [0.5, 0.6) is 0 Å². The van der Waals surface area contributed by atoms with Crippen LogP contribution in [-0.2, 0) is 20.6 Å². The third kappa shape index (κ3) is 5.90. The van der Waals surface area contributed by atoms with Gasteiger partial charge in [0, 0.05) is 32.7 Å². The Labute approximate surface area is 179 Å². The average Bonchev–Trinajstić information content (AvgIpc) is 2.77. The Bertz CT molecular complexity index is 911. The van der Waals surface area contributed by atoms with E-state index in [4.69, 9.17) is 0 Å². The average molecular weight is 430 g/mol. The molecule has 7 heteroatoms. The summed E-state index contributed by atoms with van der Waals surface area (Å²) in [6.45, 7) is 6.49. The van der Waals surface area contributed by atoms with Gasteiger partial charge in [0.15, 0.2) is 0 Å². The molecule has 0 radical (unpaired) electrons. The van der Waals surface area contributed by atoms with Crippen LogP contribution in [0, 0.1) is 0 Å². The monoisotopic (exact) mass is 429 g/mol. The van der Waals surface area contributed by atoms with Crippen LogP contribution in [0.2, 0.25) is 0 Å². The largest absolute Gasteiger partial charge is 0.354 e. The van der Waals surface area contributed by atoms with E-state index >= 15 is 0 Å². The minimum absolute atomic E-state index is 0.0151. The first kappa shape index (κ1) is 22.5. The van der Waals surface area contributed by atoms with Gasteiger partial charge >= 0.3 is 0 Å². The van der Waals surface area contributed by atoms with Gasteiger partial charge in [0.2, 0.25) is 15.9 Å². The predicted molar refractivity (Wildman–Crippen MR) is 120 cm³/mol. The molecule has 0 aliphatic carbocycles. The van der Waals surface area contributed by atoms with Gasteiger partial charge in [-0.15, -0.1) is 0 Å². The molecule has 0 aromatic heterocycles. The summed E-state index contributed by atoms with van der Waals surface area (Å²) in [7, 11) is -3.35. The Kier molecular flexibility index (Phi) is 7.64. The lowest BCUT2D eigenvalue weighted by Gasteiger charge is -2.36. The van der Waals surface area contributed by atoms with Crippen molar-refractivity contribution >= 4 is 15.9 Å². The summed E-state index contributed by atoms with van der Waals surface area (Å²) in [5.41, 5.74) is 1.99.